The van der Waals surface area contributed by atoms with Crippen molar-refractivity contribution in [2.45, 2.75) is 6.92 Å². The van der Waals surface area contributed by atoms with E-state index in [-0.39, 0.29) is 5.91 Å². The lowest BCUT2D eigenvalue weighted by Gasteiger charge is -2.21. The molecule has 110 valence electrons. The summed E-state index contributed by atoms with van der Waals surface area (Å²) in [4.78, 5) is 14.3. The van der Waals surface area contributed by atoms with E-state index in [0.717, 1.165) is 17.9 Å². The molecule has 4 nitrogen and oxygen atoms in total. The molecule has 0 saturated carbocycles. The normalized spacial score (nSPS) is 10.0. The Morgan fingerprint density at radius 3 is 2.52 bits per heavy atom. The van der Waals surface area contributed by atoms with E-state index in [4.69, 9.17) is 4.74 Å². The second-order valence-electron chi connectivity index (χ2n) is 4.61. The van der Waals surface area contributed by atoms with Crippen LogP contribution in [0.1, 0.15) is 17.3 Å². The largest absolute Gasteiger partial charge is 0.495 e. The predicted octanol–water partition coefficient (Wildman–Crippen LogP) is 3.40. The Labute approximate surface area is 125 Å². The van der Waals surface area contributed by atoms with E-state index in [1.54, 1.807) is 19.1 Å². The van der Waals surface area contributed by atoms with Crippen molar-refractivity contribution in [1.29, 1.82) is 0 Å². The van der Waals surface area contributed by atoms with Crippen LogP contribution in [0, 0.1) is 0 Å². The van der Waals surface area contributed by atoms with Crippen molar-refractivity contribution in [1.82, 2.24) is 0 Å². The highest BCUT2D eigenvalue weighted by atomic mass is 16.5. The number of methoxy groups -OCH3 is 1. The first-order chi connectivity index (χ1) is 10.2. The number of benzene rings is 2. The van der Waals surface area contributed by atoms with Gasteiger partial charge >= 0.3 is 0 Å². The molecule has 0 atom stereocenters. The first kappa shape index (κ1) is 14.9. The minimum Gasteiger partial charge on any atom is -0.495 e. The average Bonchev–Trinajstić information content (AvgIpc) is 2.54. The van der Waals surface area contributed by atoms with Crippen LogP contribution in [0.25, 0.3) is 0 Å². The second kappa shape index (κ2) is 6.79. The molecule has 0 spiro atoms. The fourth-order valence-electron chi connectivity index (χ4n) is 2.21. The molecule has 0 aliphatic heterocycles. The lowest BCUT2D eigenvalue weighted by molar-refractivity contribution is 0.0993. The molecule has 2 aromatic rings. The van der Waals surface area contributed by atoms with Crippen LogP contribution in [0.2, 0.25) is 0 Å². The fraction of sp³-hybridized carbons (Fsp3) is 0.235. The highest BCUT2D eigenvalue weighted by Crippen LogP contribution is 2.28. The molecule has 21 heavy (non-hydrogen) atoms. The molecule has 1 amide bonds. The van der Waals surface area contributed by atoms with Gasteiger partial charge in [-0.3, -0.25) is 4.79 Å². The molecule has 0 unspecified atom stereocenters. The van der Waals surface area contributed by atoms with Crippen LogP contribution in [0.15, 0.2) is 48.5 Å². The fourth-order valence-corrected chi connectivity index (χ4v) is 2.21. The maximum Gasteiger partial charge on any atom is 0.260 e. The van der Waals surface area contributed by atoms with E-state index < -0.39 is 0 Å². The van der Waals surface area contributed by atoms with E-state index in [1.165, 1.54) is 0 Å². The van der Waals surface area contributed by atoms with Gasteiger partial charge in [-0.25, -0.2) is 0 Å². The van der Waals surface area contributed by atoms with Crippen molar-refractivity contribution in [3.05, 3.63) is 54.1 Å². The maximum atomic E-state index is 12.7. The van der Waals surface area contributed by atoms with Crippen LogP contribution in [-0.2, 0) is 0 Å². The molecular weight excluding hydrogens is 264 g/mol. The van der Waals surface area contributed by atoms with Crippen LogP contribution in [0.3, 0.4) is 0 Å². The molecule has 0 saturated heterocycles. The summed E-state index contributed by atoms with van der Waals surface area (Å²) in [5.74, 6) is 0.602. The van der Waals surface area contributed by atoms with Crippen LogP contribution in [0.4, 0.5) is 11.4 Å². The van der Waals surface area contributed by atoms with Gasteiger partial charge < -0.3 is 15.0 Å². The zero-order valence-electron chi connectivity index (χ0n) is 12.6. The third-order valence-corrected chi connectivity index (χ3v) is 3.28. The molecule has 0 heterocycles. The Morgan fingerprint density at radius 1 is 1.14 bits per heavy atom. The quantitative estimate of drug-likeness (QED) is 0.915. The van der Waals surface area contributed by atoms with Gasteiger partial charge in [0.25, 0.3) is 5.91 Å². The number of hydrogen-bond donors (Lipinski definition) is 1. The summed E-state index contributed by atoms with van der Waals surface area (Å²) in [6.07, 6.45) is 0. The number of para-hydroxylation sites is 3. The third-order valence-electron chi connectivity index (χ3n) is 3.28. The Kier molecular flexibility index (Phi) is 4.82. The molecule has 4 heteroatoms. The summed E-state index contributed by atoms with van der Waals surface area (Å²) in [6.45, 7) is 2.77. The summed E-state index contributed by atoms with van der Waals surface area (Å²) >= 11 is 0. The lowest BCUT2D eigenvalue weighted by atomic mass is 10.1. The number of ether oxygens (including phenoxy) is 1. The third kappa shape index (κ3) is 3.16. The minimum atomic E-state index is -0.0731. The Balaban J connectivity index is 2.35. The van der Waals surface area contributed by atoms with Crippen molar-refractivity contribution >= 4 is 17.3 Å². The number of carbonyl (C=O) groups is 1. The number of carbonyl (C=O) groups excluding carboxylic acids is 1. The van der Waals surface area contributed by atoms with Crippen LogP contribution >= 0.6 is 0 Å². The van der Waals surface area contributed by atoms with Crippen LogP contribution < -0.4 is 15.0 Å². The molecule has 1 N–H and O–H groups in total. The van der Waals surface area contributed by atoms with E-state index in [1.807, 2.05) is 55.5 Å². The molecule has 2 rings (SSSR count). The molecule has 0 fully saturated rings. The summed E-state index contributed by atoms with van der Waals surface area (Å²) in [5.41, 5.74) is 2.23. The summed E-state index contributed by atoms with van der Waals surface area (Å²) in [6, 6.07) is 15.0. The van der Waals surface area contributed by atoms with Gasteiger partial charge in [-0.15, -0.1) is 0 Å². The number of nitrogens with one attached hydrogen (secondary N) is 1. The molecule has 0 aliphatic rings. The smallest absolute Gasteiger partial charge is 0.260 e. The monoisotopic (exact) mass is 284 g/mol. The van der Waals surface area contributed by atoms with E-state index in [2.05, 4.69) is 5.32 Å². The summed E-state index contributed by atoms with van der Waals surface area (Å²) in [5, 5.41) is 3.21. The standard InChI is InChI=1S/C17H20N2O2/c1-4-18-14-10-6-5-9-13(14)17(20)19(2)15-11-7-8-12-16(15)21-3/h5-12,18H,4H2,1-3H3. The summed E-state index contributed by atoms with van der Waals surface area (Å²) in [7, 11) is 3.35. The lowest BCUT2D eigenvalue weighted by Crippen LogP contribution is -2.27. The van der Waals surface area contributed by atoms with Gasteiger partial charge in [0.15, 0.2) is 0 Å². The number of hydrogen-bond acceptors (Lipinski definition) is 3. The topological polar surface area (TPSA) is 41.6 Å². The van der Waals surface area contributed by atoms with E-state index in [0.29, 0.717) is 11.3 Å². The van der Waals surface area contributed by atoms with Gasteiger partial charge in [0.2, 0.25) is 0 Å². The number of nitrogens with zero attached hydrogens (tertiary/aromatic N) is 1. The van der Waals surface area contributed by atoms with Crippen molar-refractivity contribution in [3.8, 4) is 5.75 Å². The van der Waals surface area contributed by atoms with E-state index in [9.17, 15) is 4.79 Å². The second-order valence-corrected chi connectivity index (χ2v) is 4.61. The highest BCUT2D eigenvalue weighted by molar-refractivity contribution is 6.09. The van der Waals surface area contributed by atoms with Crippen molar-refractivity contribution in [3.63, 3.8) is 0 Å². The molecule has 0 aliphatic carbocycles. The Bertz CT molecular complexity index is 626. The zero-order valence-corrected chi connectivity index (χ0v) is 12.6. The molecule has 0 aromatic heterocycles. The first-order valence-corrected chi connectivity index (χ1v) is 6.93. The van der Waals surface area contributed by atoms with Crippen LogP contribution in [-0.4, -0.2) is 26.6 Å². The minimum absolute atomic E-state index is 0.0731. The Morgan fingerprint density at radius 2 is 1.81 bits per heavy atom. The van der Waals surface area contributed by atoms with Crippen molar-refractivity contribution in [2.24, 2.45) is 0 Å². The summed E-state index contributed by atoms with van der Waals surface area (Å²) < 4.78 is 5.32. The molecule has 2 aromatic carbocycles. The SMILES string of the molecule is CCNc1ccccc1C(=O)N(C)c1ccccc1OC. The number of rotatable bonds is 5. The van der Waals surface area contributed by atoms with E-state index >= 15 is 0 Å². The first-order valence-electron chi connectivity index (χ1n) is 6.93. The molecule has 0 radical (unpaired) electrons. The number of anilines is 2. The predicted molar refractivity (Wildman–Crippen MR) is 86.3 cm³/mol. The van der Waals surface area contributed by atoms with Gasteiger partial charge in [-0.05, 0) is 31.2 Å². The average molecular weight is 284 g/mol. The zero-order chi connectivity index (χ0) is 15.2. The van der Waals surface area contributed by atoms with Gasteiger partial charge in [-0.1, -0.05) is 24.3 Å². The van der Waals surface area contributed by atoms with Crippen molar-refractivity contribution in [2.75, 3.05) is 30.9 Å². The maximum absolute atomic E-state index is 12.7. The van der Waals surface area contributed by atoms with Gasteiger partial charge in [-0.2, -0.15) is 0 Å². The van der Waals surface area contributed by atoms with Crippen molar-refractivity contribution < 1.29 is 9.53 Å². The van der Waals surface area contributed by atoms with Gasteiger partial charge in [0, 0.05) is 19.3 Å². The number of amides is 1. The molecule has 0 bridgehead atoms. The Hall–Kier alpha value is -2.49. The van der Waals surface area contributed by atoms with Crippen LogP contribution in [0.5, 0.6) is 5.75 Å². The molecular formula is C17H20N2O2. The highest BCUT2D eigenvalue weighted by Gasteiger charge is 2.19. The van der Waals surface area contributed by atoms with Gasteiger partial charge in [0.05, 0.1) is 18.4 Å². The van der Waals surface area contributed by atoms with Gasteiger partial charge in [0.1, 0.15) is 5.75 Å².